The standard InChI is InChI=1S/C21H20FN5OS2/c22-16-8-4-5-9-17(16)24-20(29)26-23-14-18-19(15-6-2-1-3-7-15)25-21(30-18)27-10-12-28-13-11-27/h1-9,14H,10-13H2,(H2,24,26,29)/b23-14-. The first-order valence-electron chi connectivity index (χ1n) is 9.44. The number of hydrogen-bond donors (Lipinski definition) is 2. The first-order valence-corrected chi connectivity index (χ1v) is 10.7. The van der Waals surface area contributed by atoms with Crippen molar-refractivity contribution in [1.82, 2.24) is 10.4 Å². The van der Waals surface area contributed by atoms with E-state index in [0.717, 1.165) is 34.4 Å². The summed E-state index contributed by atoms with van der Waals surface area (Å²) in [5.41, 5.74) is 4.91. The number of halogens is 1. The van der Waals surface area contributed by atoms with E-state index in [1.807, 2.05) is 30.3 Å². The predicted octanol–water partition coefficient (Wildman–Crippen LogP) is 4.11. The first kappa shape index (κ1) is 20.4. The van der Waals surface area contributed by atoms with Crippen molar-refractivity contribution >= 4 is 45.7 Å². The fourth-order valence-corrected chi connectivity index (χ4v) is 4.14. The fourth-order valence-electron chi connectivity index (χ4n) is 2.96. The molecule has 1 fully saturated rings. The number of nitrogens with zero attached hydrogens (tertiary/aromatic N) is 3. The largest absolute Gasteiger partial charge is 0.378 e. The Bertz CT molecular complexity index is 1030. The molecule has 30 heavy (non-hydrogen) atoms. The molecule has 2 heterocycles. The Morgan fingerprint density at radius 3 is 2.63 bits per heavy atom. The number of thiazole rings is 1. The number of anilines is 2. The summed E-state index contributed by atoms with van der Waals surface area (Å²) in [5, 5.41) is 8.17. The highest BCUT2D eigenvalue weighted by atomic mass is 32.1. The number of ether oxygens (including phenoxy) is 1. The number of thiocarbonyl (C=S) groups is 1. The fraction of sp³-hybridized carbons (Fsp3) is 0.190. The number of morpholine rings is 1. The topological polar surface area (TPSA) is 61.8 Å². The minimum absolute atomic E-state index is 0.204. The lowest BCUT2D eigenvalue weighted by molar-refractivity contribution is 0.122. The molecule has 4 rings (SSSR count). The summed E-state index contributed by atoms with van der Waals surface area (Å²) >= 11 is 6.77. The van der Waals surface area contributed by atoms with E-state index in [4.69, 9.17) is 21.9 Å². The maximum Gasteiger partial charge on any atom is 0.191 e. The van der Waals surface area contributed by atoms with Crippen LogP contribution in [0.3, 0.4) is 0 Å². The number of hydrazone groups is 1. The highest BCUT2D eigenvalue weighted by molar-refractivity contribution is 7.80. The van der Waals surface area contributed by atoms with E-state index in [1.54, 1.807) is 35.8 Å². The average Bonchev–Trinajstić information content (AvgIpc) is 3.21. The van der Waals surface area contributed by atoms with Crippen LogP contribution in [0.2, 0.25) is 0 Å². The average molecular weight is 442 g/mol. The van der Waals surface area contributed by atoms with Crippen molar-refractivity contribution in [3.8, 4) is 11.3 Å². The minimum Gasteiger partial charge on any atom is -0.378 e. The van der Waals surface area contributed by atoms with Gasteiger partial charge in [0.25, 0.3) is 0 Å². The maximum atomic E-state index is 13.7. The zero-order valence-electron chi connectivity index (χ0n) is 16.0. The normalized spacial score (nSPS) is 14.1. The third-order valence-corrected chi connectivity index (χ3v) is 5.68. The molecule has 0 atom stereocenters. The second-order valence-corrected chi connectivity index (χ2v) is 7.90. The Morgan fingerprint density at radius 1 is 1.13 bits per heavy atom. The van der Waals surface area contributed by atoms with Gasteiger partial charge < -0.3 is 15.0 Å². The lowest BCUT2D eigenvalue weighted by Crippen LogP contribution is -2.36. The molecule has 1 saturated heterocycles. The van der Waals surface area contributed by atoms with E-state index in [1.165, 1.54) is 6.07 Å². The number of hydrogen-bond acceptors (Lipinski definition) is 6. The van der Waals surface area contributed by atoms with Crippen LogP contribution in [0.25, 0.3) is 11.3 Å². The Hall–Kier alpha value is -2.88. The van der Waals surface area contributed by atoms with Crippen molar-refractivity contribution < 1.29 is 9.13 Å². The monoisotopic (exact) mass is 441 g/mol. The van der Waals surface area contributed by atoms with Gasteiger partial charge in [-0.2, -0.15) is 5.10 Å². The van der Waals surface area contributed by atoms with Crippen LogP contribution in [-0.4, -0.2) is 42.6 Å². The van der Waals surface area contributed by atoms with Crippen molar-refractivity contribution in [2.45, 2.75) is 0 Å². The molecule has 0 unspecified atom stereocenters. The van der Waals surface area contributed by atoms with Crippen molar-refractivity contribution in [2.24, 2.45) is 5.10 Å². The lowest BCUT2D eigenvalue weighted by atomic mass is 10.1. The minimum atomic E-state index is -0.380. The number of para-hydroxylation sites is 1. The molecule has 1 aliphatic heterocycles. The molecule has 2 aromatic carbocycles. The van der Waals surface area contributed by atoms with E-state index in [9.17, 15) is 4.39 Å². The number of rotatable bonds is 5. The second kappa shape index (κ2) is 9.75. The van der Waals surface area contributed by atoms with Crippen LogP contribution in [0.5, 0.6) is 0 Å². The van der Waals surface area contributed by atoms with Gasteiger partial charge in [-0.15, -0.1) is 0 Å². The molecule has 0 spiro atoms. The summed E-state index contributed by atoms with van der Waals surface area (Å²) in [4.78, 5) is 7.98. The SMILES string of the molecule is Fc1ccccc1NC(=S)N/N=C\c1sc(N2CCOCC2)nc1-c1ccccc1. The maximum absolute atomic E-state index is 13.7. The summed E-state index contributed by atoms with van der Waals surface area (Å²) in [6.45, 7) is 3.02. The Kier molecular flexibility index (Phi) is 6.63. The molecule has 154 valence electrons. The molecular formula is C21H20FN5OS2. The van der Waals surface area contributed by atoms with E-state index < -0.39 is 0 Å². The third kappa shape index (κ3) is 4.99. The molecule has 0 amide bonds. The summed E-state index contributed by atoms with van der Waals surface area (Å²) < 4.78 is 19.2. The van der Waals surface area contributed by atoms with E-state index >= 15 is 0 Å². The third-order valence-electron chi connectivity index (χ3n) is 4.44. The highest BCUT2D eigenvalue weighted by Crippen LogP contribution is 2.32. The quantitative estimate of drug-likeness (QED) is 0.353. The Morgan fingerprint density at radius 2 is 1.87 bits per heavy atom. The molecule has 1 aliphatic rings. The molecule has 9 heteroatoms. The predicted molar refractivity (Wildman–Crippen MR) is 124 cm³/mol. The first-order chi connectivity index (χ1) is 14.7. The van der Waals surface area contributed by atoms with Gasteiger partial charge in [0, 0.05) is 18.7 Å². The van der Waals surface area contributed by atoms with Gasteiger partial charge >= 0.3 is 0 Å². The number of nitrogens with one attached hydrogen (secondary N) is 2. The Labute approximate surface area is 183 Å². The van der Waals surface area contributed by atoms with Gasteiger partial charge in [0.1, 0.15) is 5.82 Å². The molecule has 1 aromatic heterocycles. The van der Waals surface area contributed by atoms with Crippen molar-refractivity contribution in [3.63, 3.8) is 0 Å². The van der Waals surface area contributed by atoms with Crippen LogP contribution < -0.4 is 15.6 Å². The zero-order valence-corrected chi connectivity index (χ0v) is 17.7. The molecular weight excluding hydrogens is 421 g/mol. The second-order valence-electron chi connectivity index (χ2n) is 6.48. The van der Waals surface area contributed by atoms with Crippen LogP contribution in [0, 0.1) is 5.82 Å². The van der Waals surface area contributed by atoms with Crippen LogP contribution in [0.4, 0.5) is 15.2 Å². The van der Waals surface area contributed by atoms with E-state index in [2.05, 4.69) is 20.7 Å². The van der Waals surface area contributed by atoms with Crippen LogP contribution in [0.15, 0.2) is 59.7 Å². The molecule has 0 aliphatic carbocycles. The van der Waals surface area contributed by atoms with Gasteiger partial charge in [-0.1, -0.05) is 53.8 Å². The van der Waals surface area contributed by atoms with Gasteiger partial charge in [-0.25, -0.2) is 9.37 Å². The molecule has 0 saturated carbocycles. The van der Waals surface area contributed by atoms with Gasteiger partial charge in [-0.3, -0.25) is 5.43 Å². The van der Waals surface area contributed by atoms with Crippen LogP contribution in [-0.2, 0) is 4.74 Å². The number of benzene rings is 2. The molecule has 6 nitrogen and oxygen atoms in total. The summed E-state index contributed by atoms with van der Waals surface area (Å²) in [5.74, 6) is -0.380. The van der Waals surface area contributed by atoms with Gasteiger partial charge in [0.05, 0.1) is 35.7 Å². The number of aromatic nitrogens is 1. The van der Waals surface area contributed by atoms with Crippen molar-refractivity contribution in [2.75, 3.05) is 36.5 Å². The molecule has 2 N–H and O–H groups in total. The summed E-state index contributed by atoms with van der Waals surface area (Å²) in [6.07, 6.45) is 1.69. The van der Waals surface area contributed by atoms with Gasteiger partial charge in [-0.05, 0) is 24.4 Å². The molecule has 3 aromatic rings. The molecule has 0 radical (unpaired) electrons. The van der Waals surface area contributed by atoms with Crippen molar-refractivity contribution in [1.29, 1.82) is 0 Å². The van der Waals surface area contributed by atoms with Gasteiger partial charge in [0.2, 0.25) is 0 Å². The smallest absolute Gasteiger partial charge is 0.191 e. The van der Waals surface area contributed by atoms with Crippen molar-refractivity contribution in [3.05, 3.63) is 65.3 Å². The zero-order chi connectivity index (χ0) is 20.8. The van der Waals surface area contributed by atoms with E-state index in [0.29, 0.717) is 18.9 Å². The molecule has 0 bridgehead atoms. The summed E-state index contributed by atoms with van der Waals surface area (Å²) in [6, 6.07) is 16.3. The highest BCUT2D eigenvalue weighted by Gasteiger charge is 2.18. The summed E-state index contributed by atoms with van der Waals surface area (Å²) in [7, 11) is 0. The van der Waals surface area contributed by atoms with Crippen LogP contribution in [0.1, 0.15) is 4.88 Å². The Balaban J connectivity index is 1.51. The van der Waals surface area contributed by atoms with Crippen LogP contribution >= 0.6 is 23.6 Å². The van der Waals surface area contributed by atoms with Gasteiger partial charge in [0.15, 0.2) is 10.2 Å². The van der Waals surface area contributed by atoms with E-state index in [-0.39, 0.29) is 10.9 Å². The lowest BCUT2D eigenvalue weighted by Gasteiger charge is -2.26.